The highest BCUT2D eigenvalue weighted by molar-refractivity contribution is 7.89. The average molecular weight is 580 g/mol. The van der Waals surface area contributed by atoms with Gasteiger partial charge in [0.05, 0.1) is 11.4 Å². The lowest BCUT2D eigenvalue weighted by molar-refractivity contribution is -0.150. The van der Waals surface area contributed by atoms with E-state index in [0.717, 1.165) is 77.5 Å². The summed E-state index contributed by atoms with van der Waals surface area (Å²) in [5.74, 6) is -1.60. The molecule has 3 rings (SSSR count). The Labute approximate surface area is 237 Å². The van der Waals surface area contributed by atoms with Crippen molar-refractivity contribution in [2.75, 3.05) is 32.7 Å². The van der Waals surface area contributed by atoms with Crippen molar-refractivity contribution in [1.82, 2.24) is 25.8 Å². The predicted molar refractivity (Wildman–Crippen MR) is 152 cm³/mol. The number of benzene rings is 1. The fourth-order valence-electron chi connectivity index (χ4n) is 5.43. The summed E-state index contributed by atoms with van der Waals surface area (Å²) < 4.78 is 25.9. The standard InChI is InChI=1S/C28H45N5O6S/c1-20-4-3-5-25(18-20)40(38,39)32-33(21(2)28(36)37)26(34)19-31-27(35)24(8-6-22-10-14-29-15-11-22)9-7-23-12-16-30-17-13-23/h3-5,18,21-24,29-30,32H,6-17,19H2,1-2H3,(H,31,35)(H,36,37). The minimum atomic E-state index is -4.23. The Morgan fingerprint density at radius 2 is 1.55 bits per heavy atom. The van der Waals surface area contributed by atoms with Gasteiger partial charge in [0.2, 0.25) is 5.91 Å². The molecule has 5 N–H and O–H groups in total. The van der Waals surface area contributed by atoms with Crippen LogP contribution < -0.4 is 20.8 Å². The smallest absolute Gasteiger partial charge is 0.327 e. The number of hydrogen-bond donors (Lipinski definition) is 5. The summed E-state index contributed by atoms with van der Waals surface area (Å²) in [6, 6.07) is 4.59. The molecule has 2 aliphatic heterocycles. The summed E-state index contributed by atoms with van der Waals surface area (Å²) in [7, 11) is -4.23. The lowest BCUT2D eigenvalue weighted by Crippen LogP contribution is -2.56. The monoisotopic (exact) mass is 579 g/mol. The van der Waals surface area contributed by atoms with Crippen LogP contribution in [0, 0.1) is 24.7 Å². The Balaban J connectivity index is 1.65. The molecule has 2 aliphatic rings. The number of rotatable bonds is 14. The molecule has 224 valence electrons. The van der Waals surface area contributed by atoms with Crippen molar-refractivity contribution < 1.29 is 27.9 Å². The molecule has 0 aliphatic carbocycles. The van der Waals surface area contributed by atoms with E-state index in [4.69, 9.17) is 0 Å². The number of aryl methyl sites for hydroxylation is 1. The second-order valence-corrected chi connectivity index (χ2v) is 12.8. The minimum absolute atomic E-state index is 0.0946. The number of hydrazine groups is 1. The first-order valence-electron chi connectivity index (χ1n) is 14.4. The highest BCUT2D eigenvalue weighted by atomic mass is 32.2. The van der Waals surface area contributed by atoms with Gasteiger partial charge in [0.1, 0.15) is 6.04 Å². The number of hydrogen-bond acceptors (Lipinski definition) is 7. The number of aliphatic carboxylic acids is 1. The summed E-state index contributed by atoms with van der Waals surface area (Å²) in [5, 5.41) is 19.5. The molecule has 2 fully saturated rings. The number of carboxylic acids is 1. The number of carbonyl (C=O) groups is 3. The van der Waals surface area contributed by atoms with Crippen LogP contribution in [-0.4, -0.2) is 75.1 Å². The minimum Gasteiger partial charge on any atom is -0.480 e. The van der Waals surface area contributed by atoms with Crippen molar-refractivity contribution >= 4 is 27.8 Å². The van der Waals surface area contributed by atoms with Crippen LogP contribution in [0.2, 0.25) is 0 Å². The number of sulfonamides is 1. The van der Waals surface area contributed by atoms with Crippen LogP contribution in [0.25, 0.3) is 0 Å². The summed E-state index contributed by atoms with van der Waals surface area (Å²) >= 11 is 0. The molecule has 0 bridgehead atoms. The molecule has 0 saturated carbocycles. The van der Waals surface area contributed by atoms with Crippen molar-refractivity contribution in [2.24, 2.45) is 17.8 Å². The number of carbonyl (C=O) groups excluding carboxylic acids is 2. The summed E-state index contributed by atoms with van der Waals surface area (Å²) in [4.78, 5) is 40.2. The zero-order valence-corrected chi connectivity index (χ0v) is 24.5. The van der Waals surface area contributed by atoms with E-state index < -0.39 is 34.5 Å². The number of amides is 2. The quantitative estimate of drug-likeness (QED) is 0.209. The van der Waals surface area contributed by atoms with Crippen LogP contribution in [0.3, 0.4) is 0 Å². The van der Waals surface area contributed by atoms with Gasteiger partial charge in [-0.25, -0.2) is 18.2 Å². The van der Waals surface area contributed by atoms with Crippen molar-refractivity contribution in [3.63, 3.8) is 0 Å². The molecule has 0 aromatic heterocycles. The lowest BCUT2D eigenvalue weighted by atomic mass is 9.84. The lowest BCUT2D eigenvalue weighted by Gasteiger charge is -2.28. The Kier molecular flexibility index (Phi) is 12.4. The molecule has 0 radical (unpaired) electrons. The molecule has 40 heavy (non-hydrogen) atoms. The van der Waals surface area contributed by atoms with Gasteiger partial charge in [-0.3, -0.25) is 9.59 Å². The van der Waals surface area contributed by atoms with Gasteiger partial charge >= 0.3 is 5.97 Å². The van der Waals surface area contributed by atoms with E-state index in [1.807, 2.05) is 0 Å². The van der Waals surface area contributed by atoms with Crippen LogP contribution in [-0.2, 0) is 24.4 Å². The predicted octanol–water partition coefficient (Wildman–Crippen LogP) is 1.78. The topological polar surface area (TPSA) is 157 Å². The zero-order chi connectivity index (χ0) is 29.1. The third kappa shape index (κ3) is 9.83. The van der Waals surface area contributed by atoms with Gasteiger partial charge in [-0.2, -0.15) is 0 Å². The first kappa shape index (κ1) is 32.0. The molecule has 1 unspecified atom stereocenters. The van der Waals surface area contributed by atoms with Crippen LogP contribution in [0.15, 0.2) is 29.2 Å². The second-order valence-electron chi connectivity index (χ2n) is 11.1. The van der Waals surface area contributed by atoms with E-state index in [1.54, 1.807) is 19.1 Å². The molecule has 0 spiro atoms. The van der Waals surface area contributed by atoms with E-state index in [1.165, 1.54) is 19.1 Å². The highest BCUT2D eigenvalue weighted by Gasteiger charge is 2.31. The fraction of sp³-hybridized carbons (Fsp3) is 0.679. The van der Waals surface area contributed by atoms with E-state index in [-0.39, 0.29) is 16.7 Å². The van der Waals surface area contributed by atoms with E-state index in [0.29, 0.717) is 22.4 Å². The van der Waals surface area contributed by atoms with Crippen molar-refractivity contribution in [3.8, 4) is 0 Å². The molecule has 2 saturated heterocycles. The number of nitrogens with zero attached hydrogens (tertiary/aromatic N) is 1. The molecule has 12 heteroatoms. The summed E-state index contributed by atoms with van der Waals surface area (Å²) in [5.41, 5.74) is 0.694. The first-order chi connectivity index (χ1) is 19.1. The van der Waals surface area contributed by atoms with Crippen LogP contribution in [0.5, 0.6) is 0 Å². The maximum atomic E-state index is 13.3. The molecule has 1 atom stereocenters. The molecule has 2 heterocycles. The van der Waals surface area contributed by atoms with Crippen LogP contribution >= 0.6 is 0 Å². The van der Waals surface area contributed by atoms with Gasteiger partial charge < -0.3 is 21.1 Å². The largest absolute Gasteiger partial charge is 0.480 e. The maximum Gasteiger partial charge on any atom is 0.327 e. The van der Waals surface area contributed by atoms with Gasteiger partial charge in [0, 0.05) is 5.92 Å². The Bertz CT molecular complexity index is 1080. The number of carboxylic acid groups (broad SMARTS) is 1. The van der Waals surface area contributed by atoms with Gasteiger partial charge in [0.15, 0.2) is 0 Å². The van der Waals surface area contributed by atoms with Gasteiger partial charge in [-0.1, -0.05) is 12.1 Å². The van der Waals surface area contributed by atoms with Gasteiger partial charge in [-0.05, 0) is 121 Å². The number of piperidine rings is 2. The van der Waals surface area contributed by atoms with E-state index in [9.17, 15) is 27.9 Å². The van der Waals surface area contributed by atoms with Crippen molar-refractivity contribution in [2.45, 2.75) is 76.2 Å². The molecule has 11 nitrogen and oxygen atoms in total. The van der Waals surface area contributed by atoms with Gasteiger partial charge in [-0.15, -0.1) is 4.83 Å². The first-order valence-corrected chi connectivity index (χ1v) is 15.9. The molecule has 1 aromatic rings. The van der Waals surface area contributed by atoms with E-state index in [2.05, 4.69) is 20.8 Å². The Morgan fingerprint density at radius 3 is 2.05 bits per heavy atom. The fourth-order valence-corrected chi connectivity index (χ4v) is 6.66. The SMILES string of the molecule is Cc1cccc(S(=O)(=O)NN(C(=O)CNC(=O)C(CCC2CCNCC2)CCC2CCNCC2)C(C)C(=O)O)c1. The van der Waals surface area contributed by atoms with Crippen molar-refractivity contribution in [1.29, 1.82) is 0 Å². The zero-order valence-electron chi connectivity index (χ0n) is 23.7. The van der Waals surface area contributed by atoms with Crippen LogP contribution in [0.1, 0.15) is 63.9 Å². The summed E-state index contributed by atoms with van der Waals surface area (Å²) in [6.45, 7) is 6.38. The number of nitrogens with one attached hydrogen (secondary N) is 4. The molecular formula is C28H45N5O6S. The third-order valence-electron chi connectivity index (χ3n) is 8.08. The highest BCUT2D eigenvalue weighted by Crippen LogP contribution is 2.27. The maximum absolute atomic E-state index is 13.3. The third-order valence-corrected chi connectivity index (χ3v) is 9.39. The second kappa shape index (κ2) is 15.5. The Morgan fingerprint density at radius 1 is 1.00 bits per heavy atom. The average Bonchev–Trinajstić information content (AvgIpc) is 2.95. The molecular weight excluding hydrogens is 534 g/mol. The van der Waals surface area contributed by atoms with Gasteiger partial charge in [0.25, 0.3) is 15.9 Å². The molecule has 1 aromatic carbocycles. The summed E-state index contributed by atoms with van der Waals surface area (Å²) in [6.07, 6.45) is 7.69. The van der Waals surface area contributed by atoms with Crippen molar-refractivity contribution in [3.05, 3.63) is 29.8 Å². The Hall–Kier alpha value is -2.54. The van der Waals surface area contributed by atoms with E-state index >= 15 is 0 Å². The van der Waals surface area contributed by atoms with Crippen LogP contribution in [0.4, 0.5) is 0 Å². The molecule has 2 amide bonds. The normalized spacial score (nSPS) is 17.9.